The van der Waals surface area contributed by atoms with Gasteiger partial charge in [-0.1, -0.05) is 42.5 Å². The lowest BCUT2D eigenvalue weighted by atomic mass is 9.89. The predicted octanol–water partition coefficient (Wildman–Crippen LogP) is 4.25. The van der Waals surface area contributed by atoms with Crippen LogP contribution >= 0.6 is 0 Å². The molecule has 3 amide bonds. The van der Waals surface area contributed by atoms with E-state index < -0.39 is 0 Å². The Morgan fingerprint density at radius 2 is 1.53 bits per heavy atom. The first kappa shape index (κ1) is 21.9. The van der Waals surface area contributed by atoms with Gasteiger partial charge in [-0.05, 0) is 66.6 Å². The van der Waals surface area contributed by atoms with Gasteiger partial charge in [0, 0.05) is 25.2 Å². The summed E-state index contributed by atoms with van der Waals surface area (Å²) in [7, 11) is 0. The summed E-state index contributed by atoms with van der Waals surface area (Å²) in [5.74, 6) is -0.155. The van der Waals surface area contributed by atoms with E-state index in [1.807, 2.05) is 47.4 Å². The van der Waals surface area contributed by atoms with E-state index in [2.05, 4.69) is 0 Å². The number of rotatable bonds is 5. The van der Waals surface area contributed by atoms with Crippen molar-refractivity contribution in [1.82, 2.24) is 9.80 Å². The highest BCUT2D eigenvalue weighted by molar-refractivity contribution is 6.22. The number of likely N-dealkylation sites (tertiary alicyclic amines) is 1. The summed E-state index contributed by atoms with van der Waals surface area (Å²) < 4.78 is 0. The van der Waals surface area contributed by atoms with Crippen molar-refractivity contribution in [3.63, 3.8) is 0 Å². The van der Waals surface area contributed by atoms with E-state index in [9.17, 15) is 19.5 Å². The number of imide groups is 1. The molecular formula is C28H26N2O4. The number of phenolic OH excluding ortho intramolecular Hbond substituents is 1. The number of piperidine rings is 1. The number of nitrogens with zero attached hydrogens (tertiary/aromatic N) is 2. The highest BCUT2D eigenvalue weighted by Crippen LogP contribution is 2.30. The SMILES string of the molecule is O=C(c1ccc2c(c1)C(=O)N(CCc1ccccc1)C2=O)N1CCC(c2ccc(O)cc2)CC1. The van der Waals surface area contributed by atoms with E-state index in [1.165, 1.54) is 10.5 Å². The zero-order valence-corrected chi connectivity index (χ0v) is 18.8. The number of hydrogen-bond donors (Lipinski definition) is 1. The fourth-order valence-electron chi connectivity index (χ4n) is 4.86. The van der Waals surface area contributed by atoms with Crippen LogP contribution in [0.3, 0.4) is 0 Å². The lowest BCUT2D eigenvalue weighted by Crippen LogP contribution is -2.38. The molecule has 2 aliphatic rings. The number of phenols is 1. The maximum absolute atomic E-state index is 13.2. The van der Waals surface area contributed by atoms with Crippen molar-refractivity contribution in [2.45, 2.75) is 25.2 Å². The first-order valence-electron chi connectivity index (χ1n) is 11.6. The van der Waals surface area contributed by atoms with Crippen LogP contribution in [0.25, 0.3) is 0 Å². The number of carbonyl (C=O) groups is 3. The first-order valence-corrected chi connectivity index (χ1v) is 11.6. The summed E-state index contributed by atoms with van der Waals surface area (Å²) in [5, 5.41) is 9.50. The molecule has 3 aromatic carbocycles. The van der Waals surface area contributed by atoms with Crippen molar-refractivity contribution in [2.75, 3.05) is 19.6 Å². The molecule has 0 unspecified atom stereocenters. The van der Waals surface area contributed by atoms with Gasteiger partial charge in [-0.2, -0.15) is 0 Å². The third-order valence-electron chi connectivity index (χ3n) is 6.83. The van der Waals surface area contributed by atoms with Crippen molar-refractivity contribution in [1.29, 1.82) is 0 Å². The van der Waals surface area contributed by atoms with Crippen LogP contribution in [0.5, 0.6) is 5.75 Å². The average molecular weight is 455 g/mol. The maximum atomic E-state index is 13.2. The first-order chi connectivity index (χ1) is 16.5. The second-order valence-electron chi connectivity index (χ2n) is 8.92. The fraction of sp³-hybridized carbons (Fsp3) is 0.250. The summed E-state index contributed by atoms with van der Waals surface area (Å²) >= 11 is 0. The molecule has 2 aliphatic heterocycles. The van der Waals surface area contributed by atoms with E-state index in [4.69, 9.17) is 0 Å². The highest BCUT2D eigenvalue weighted by atomic mass is 16.3. The Labute approximate surface area is 198 Å². The normalized spacial score (nSPS) is 16.1. The molecule has 0 aliphatic carbocycles. The largest absolute Gasteiger partial charge is 0.508 e. The Balaban J connectivity index is 1.25. The molecule has 1 saturated heterocycles. The molecule has 0 radical (unpaired) electrons. The Morgan fingerprint density at radius 1 is 0.853 bits per heavy atom. The topological polar surface area (TPSA) is 77.9 Å². The number of amides is 3. The summed E-state index contributed by atoms with van der Waals surface area (Å²) in [6, 6.07) is 21.8. The minimum atomic E-state index is -0.336. The number of aromatic hydroxyl groups is 1. The Hall–Kier alpha value is -3.93. The van der Waals surface area contributed by atoms with Gasteiger partial charge in [0.15, 0.2) is 0 Å². The molecule has 1 fully saturated rings. The molecule has 0 saturated carbocycles. The van der Waals surface area contributed by atoms with Gasteiger partial charge >= 0.3 is 0 Å². The molecule has 0 spiro atoms. The third kappa shape index (κ3) is 4.19. The standard InChI is InChI=1S/C28H26N2O4/c31-23-9-6-20(7-10-23)21-13-15-29(16-14-21)26(32)22-8-11-24-25(18-22)28(34)30(27(24)33)17-12-19-4-2-1-3-5-19/h1-11,18,21,31H,12-17H2. The van der Waals surface area contributed by atoms with Crippen LogP contribution < -0.4 is 0 Å². The molecule has 34 heavy (non-hydrogen) atoms. The molecule has 1 N–H and O–H groups in total. The van der Waals surface area contributed by atoms with Gasteiger partial charge in [0.2, 0.25) is 0 Å². The molecule has 0 aromatic heterocycles. The van der Waals surface area contributed by atoms with E-state index in [0.29, 0.717) is 48.7 Å². The lowest BCUT2D eigenvalue weighted by Gasteiger charge is -2.32. The van der Waals surface area contributed by atoms with Crippen LogP contribution in [0.4, 0.5) is 0 Å². The van der Waals surface area contributed by atoms with Gasteiger partial charge in [-0.25, -0.2) is 0 Å². The molecule has 6 heteroatoms. The van der Waals surface area contributed by atoms with Crippen LogP contribution in [0.1, 0.15) is 61.0 Å². The smallest absolute Gasteiger partial charge is 0.261 e. The zero-order chi connectivity index (χ0) is 23.7. The van der Waals surface area contributed by atoms with Gasteiger partial charge < -0.3 is 10.0 Å². The van der Waals surface area contributed by atoms with Gasteiger partial charge in [0.1, 0.15) is 5.75 Å². The number of fused-ring (bicyclic) bond motifs is 1. The van der Waals surface area contributed by atoms with Crippen LogP contribution in [-0.2, 0) is 6.42 Å². The minimum Gasteiger partial charge on any atom is -0.508 e. The molecule has 0 atom stereocenters. The zero-order valence-electron chi connectivity index (χ0n) is 18.8. The predicted molar refractivity (Wildman–Crippen MR) is 128 cm³/mol. The fourth-order valence-corrected chi connectivity index (χ4v) is 4.86. The van der Waals surface area contributed by atoms with Crippen LogP contribution in [0, 0.1) is 0 Å². The van der Waals surface area contributed by atoms with Crippen molar-refractivity contribution in [2.24, 2.45) is 0 Å². The summed E-state index contributed by atoms with van der Waals surface area (Å²) in [6.45, 7) is 1.56. The van der Waals surface area contributed by atoms with E-state index in [0.717, 1.165) is 18.4 Å². The van der Waals surface area contributed by atoms with Crippen molar-refractivity contribution in [3.8, 4) is 5.75 Å². The quantitative estimate of drug-likeness (QED) is 0.585. The highest BCUT2D eigenvalue weighted by Gasteiger charge is 2.36. The molecule has 2 heterocycles. The van der Waals surface area contributed by atoms with Gasteiger partial charge in [-0.15, -0.1) is 0 Å². The van der Waals surface area contributed by atoms with Crippen LogP contribution in [-0.4, -0.2) is 52.3 Å². The van der Waals surface area contributed by atoms with E-state index in [1.54, 1.807) is 30.3 Å². The summed E-state index contributed by atoms with van der Waals surface area (Å²) in [4.78, 5) is 42.0. The lowest BCUT2D eigenvalue weighted by molar-refractivity contribution is 0.0655. The minimum absolute atomic E-state index is 0.116. The van der Waals surface area contributed by atoms with Crippen molar-refractivity contribution >= 4 is 17.7 Å². The van der Waals surface area contributed by atoms with E-state index >= 15 is 0 Å². The third-order valence-corrected chi connectivity index (χ3v) is 6.83. The maximum Gasteiger partial charge on any atom is 0.261 e. The number of hydrogen-bond acceptors (Lipinski definition) is 4. The molecule has 6 nitrogen and oxygen atoms in total. The monoisotopic (exact) mass is 454 g/mol. The second kappa shape index (κ2) is 9.14. The average Bonchev–Trinajstić information content (AvgIpc) is 3.12. The number of benzene rings is 3. The van der Waals surface area contributed by atoms with Crippen molar-refractivity contribution < 1.29 is 19.5 Å². The molecule has 3 aromatic rings. The Kier molecular flexibility index (Phi) is 5.88. The Morgan fingerprint density at radius 3 is 2.24 bits per heavy atom. The second-order valence-corrected chi connectivity index (χ2v) is 8.92. The van der Waals surface area contributed by atoms with Gasteiger partial charge in [0.05, 0.1) is 11.1 Å². The molecule has 172 valence electrons. The van der Waals surface area contributed by atoms with Gasteiger partial charge in [0.25, 0.3) is 17.7 Å². The summed E-state index contributed by atoms with van der Waals surface area (Å²) in [6.07, 6.45) is 2.27. The van der Waals surface area contributed by atoms with Crippen LogP contribution in [0.2, 0.25) is 0 Å². The van der Waals surface area contributed by atoms with Crippen molar-refractivity contribution in [3.05, 3.63) is 101 Å². The Bertz CT molecular complexity index is 1230. The number of carbonyl (C=O) groups excluding carboxylic acids is 3. The molecule has 0 bridgehead atoms. The van der Waals surface area contributed by atoms with E-state index in [-0.39, 0.29) is 23.5 Å². The molecule has 5 rings (SSSR count). The van der Waals surface area contributed by atoms with Gasteiger partial charge in [-0.3, -0.25) is 19.3 Å². The summed E-state index contributed by atoms with van der Waals surface area (Å²) in [5.41, 5.74) is 3.34. The molecular weight excluding hydrogens is 428 g/mol. The van der Waals surface area contributed by atoms with Crippen LogP contribution in [0.15, 0.2) is 72.8 Å².